The van der Waals surface area contributed by atoms with E-state index in [1.807, 2.05) is 11.8 Å². The Bertz CT molecular complexity index is 288. The van der Waals surface area contributed by atoms with Gasteiger partial charge in [0.05, 0.1) is 0 Å². The van der Waals surface area contributed by atoms with Gasteiger partial charge in [-0.2, -0.15) is 0 Å². The Balaban J connectivity index is 0.00000324. The Morgan fingerprint density at radius 1 is 1.26 bits per heavy atom. The summed E-state index contributed by atoms with van der Waals surface area (Å²) >= 11 is 0. The zero-order valence-electron chi connectivity index (χ0n) is 12.2. The molecule has 1 rings (SSSR count). The van der Waals surface area contributed by atoms with Crippen LogP contribution >= 0.6 is 24.0 Å². The summed E-state index contributed by atoms with van der Waals surface area (Å²) in [5.41, 5.74) is 0. The van der Waals surface area contributed by atoms with Crippen molar-refractivity contribution in [3.8, 4) is 0 Å². The number of aliphatic imine (C=N–C) groups is 1. The quantitative estimate of drug-likeness (QED) is 0.430. The van der Waals surface area contributed by atoms with Crippen LogP contribution in [0.2, 0.25) is 0 Å². The van der Waals surface area contributed by atoms with Crippen LogP contribution in [0, 0.1) is 5.92 Å². The average Bonchev–Trinajstić information content (AvgIpc) is 2.86. The first-order valence-corrected chi connectivity index (χ1v) is 6.93. The molecule has 0 aromatic carbocycles. The Kier molecular flexibility index (Phi) is 9.99. The van der Waals surface area contributed by atoms with Crippen LogP contribution in [0.1, 0.15) is 33.6 Å². The Hall–Kier alpha value is -0.530. The summed E-state index contributed by atoms with van der Waals surface area (Å²) in [7, 11) is 0. The molecule has 0 radical (unpaired) electrons. The molecule has 6 heteroatoms. The summed E-state index contributed by atoms with van der Waals surface area (Å²) in [6, 6.07) is 0. The molecule has 0 atom stereocenters. The molecule has 0 spiro atoms. The summed E-state index contributed by atoms with van der Waals surface area (Å²) in [5, 5.41) is 6.39. The second-order valence-electron chi connectivity index (χ2n) is 5.06. The third kappa shape index (κ3) is 7.59. The van der Waals surface area contributed by atoms with Crippen LogP contribution in [0.15, 0.2) is 4.99 Å². The van der Waals surface area contributed by atoms with Gasteiger partial charge in [0.25, 0.3) is 0 Å². The van der Waals surface area contributed by atoms with Gasteiger partial charge in [-0.25, -0.2) is 4.99 Å². The number of halogens is 1. The maximum Gasteiger partial charge on any atom is 0.244 e. The molecular formula is C13H27IN4O. The number of nitrogens with zero attached hydrogens (tertiary/aromatic N) is 2. The van der Waals surface area contributed by atoms with E-state index in [4.69, 9.17) is 0 Å². The van der Waals surface area contributed by atoms with Crippen molar-refractivity contribution in [3.63, 3.8) is 0 Å². The van der Waals surface area contributed by atoms with Crippen molar-refractivity contribution in [2.24, 2.45) is 10.9 Å². The molecule has 5 nitrogen and oxygen atoms in total. The fraction of sp³-hybridized carbons (Fsp3) is 0.846. The van der Waals surface area contributed by atoms with Crippen molar-refractivity contribution >= 4 is 35.8 Å². The standard InChI is InChI=1S/C13H26N4O.HI/c1-4-14-13(15-9-11(2)3)16-10-12(18)17-7-5-6-8-17;/h11H,4-10H2,1-3H3,(H2,14,15,16);1H. The molecule has 0 aliphatic carbocycles. The van der Waals surface area contributed by atoms with Crippen molar-refractivity contribution in [2.75, 3.05) is 32.7 Å². The van der Waals surface area contributed by atoms with Gasteiger partial charge < -0.3 is 15.5 Å². The summed E-state index contributed by atoms with van der Waals surface area (Å²) in [4.78, 5) is 18.1. The van der Waals surface area contributed by atoms with Crippen LogP contribution in [0.3, 0.4) is 0 Å². The van der Waals surface area contributed by atoms with Crippen molar-refractivity contribution in [3.05, 3.63) is 0 Å². The molecule has 1 heterocycles. The van der Waals surface area contributed by atoms with Gasteiger partial charge >= 0.3 is 0 Å². The zero-order valence-corrected chi connectivity index (χ0v) is 14.6. The highest BCUT2D eigenvalue weighted by atomic mass is 127. The number of amides is 1. The first-order valence-electron chi connectivity index (χ1n) is 6.93. The summed E-state index contributed by atoms with van der Waals surface area (Å²) < 4.78 is 0. The lowest BCUT2D eigenvalue weighted by Gasteiger charge is -2.15. The van der Waals surface area contributed by atoms with E-state index in [9.17, 15) is 4.79 Å². The minimum atomic E-state index is 0. The molecule has 112 valence electrons. The van der Waals surface area contributed by atoms with Crippen LogP contribution in [0.5, 0.6) is 0 Å². The van der Waals surface area contributed by atoms with E-state index in [-0.39, 0.29) is 36.4 Å². The van der Waals surface area contributed by atoms with Crippen molar-refractivity contribution < 1.29 is 4.79 Å². The van der Waals surface area contributed by atoms with Crippen LogP contribution < -0.4 is 10.6 Å². The Morgan fingerprint density at radius 2 is 1.89 bits per heavy atom. The maximum absolute atomic E-state index is 11.9. The van der Waals surface area contributed by atoms with Crippen LogP contribution in [0.4, 0.5) is 0 Å². The fourth-order valence-electron chi connectivity index (χ4n) is 1.86. The summed E-state index contributed by atoms with van der Waals surface area (Å²) in [5.74, 6) is 1.43. The Labute approximate surface area is 133 Å². The maximum atomic E-state index is 11.9. The molecule has 0 bridgehead atoms. The molecule has 19 heavy (non-hydrogen) atoms. The van der Waals surface area contributed by atoms with Crippen LogP contribution in [0.25, 0.3) is 0 Å². The third-order valence-corrected chi connectivity index (χ3v) is 2.85. The smallest absolute Gasteiger partial charge is 0.244 e. The van der Waals surface area contributed by atoms with Gasteiger partial charge in [-0.05, 0) is 25.7 Å². The van der Waals surface area contributed by atoms with E-state index in [2.05, 4.69) is 29.5 Å². The van der Waals surface area contributed by atoms with Gasteiger partial charge in [0.1, 0.15) is 6.54 Å². The lowest BCUT2D eigenvalue weighted by Crippen LogP contribution is -2.40. The number of hydrogen-bond donors (Lipinski definition) is 2. The second kappa shape index (κ2) is 10.3. The summed E-state index contributed by atoms with van der Waals surface area (Å²) in [6.45, 7) is 10.0. The van der Waals surface area contributed by atoms with E-state index in [1.54, 1.807) is 0 Å². The topological polar surface area (TPSA) is 56.7 Å². The SMILES string of the molecule is CCNC(=NCC(=O)N1CCCC1)NCC(C)C.I. The number of rotatable bonds is 5. The van der Waals surface area contributed by atoms with E-state index in [1.165, 1.54) is 0 Å². The van der Waals surface area contributed by atoms with Crippen LogP contribution in [-0.2, 0) is 4.79 Å². The second-order valence-corrected chi connectivity index (χ2v) is 5.06. The molecule has 1 aliphatic rings. The van der Waals surface area contributed by atoms with Gasteiger partial charge in [0.2, 0.25) is 5.91 Å². The monoisotopic (exact) mass is 382 g/mol. The number of hydrogen-bond acceptors (Lipinski definition) is 2. The first-order chi connectivity index (χ1) is 8.63. The molecule has 1 fully saturated rings. The fourth-order valence-corrected chi connectivity index (χ4v) is 1.86. The van der Waals surface area contributed by atoms with Gasteiger partial charge in [-0.1, -0.05) is 13.8 Å². The normalized spacial score (nSPS) is 15.4. The number of likely N-dealkylation sites (tertiary alicyclic amines) is 1. The van der Waals surface area contributed by atoms with Gasteiger partial charge in [-0.15, -0.1) is 24.0 Å². The highest BCUT2D eigenvalue weighted by molar-refractivity contribution is 14.0. The lowest BCUT2D eigenvalue weighted by atomic mass is 10.2. The molecule has 0 unspecified atom stereocenters. The Morgan fingerprint density at radius 3 is 2.42 bits per heavy atom. The minimum absolute atomic E-state index is 0. The van der Waals surface area contributed by atoms with Gasteiger partial charge in [0.15, 0.2) is 5.96 Å². The van der Waals surface area contributed by atoms with E-state index in [0.29, 0.717) is 5.92 Å². The molecule has 0 aromatic rings. The van der Waals surface area contributed by atoms with E-state index >= 15 is 0 Å². The number of carbonyl (C=O) groups is 1. The van der Waals surface area contributed by atoms with Gasteiger partial charge in [-0.3, -0.25) is 4.79 Å². The van der Waals surface area contributed by atoms with E-state index in [0.717, 1.165) is 45.0 Å². The van der Waals surface area contributed by atoms with Gasteiger partial charge in [0, 0.05) is 26.2 Å². The number of guanidine groups is 1. The van der Waals surface area contributed by atoms with Crippen molar-refractivity contribution in [2.45, 2.75) is 33.6 Å². The molecule has 0 saturated carbocycles. The van der Waals surface area contributed by atoms with E-state index < -0.39 is 0 Å². The molecule has 1 aliphatic heterocycles. The van der Waals surface area contributed by atoms with Crippen molar-refractivity contribution in [1.82, 2.24) is 15.5 Å². The highest BCUT2D eigenvalue weighted by Gasteiger charge is 2.17. The minimum Gasteiger partial charge on any atom is -0.357 e. The predicted molar refractivity (Wildman–Crippen MR) is 90.0 cm³/mol. The molecule has 1 saturated heterocycles. The zero-order chi connectivity index (χ0) is 13.4. The predicted octanol–water partition coefficient (Wildman–Crippen LogP) is 1.44. The average molecular weight is 382 g/mol. The van der Waals surface area contributed by atoms with Crippen molar-refractivity contribution in [1.29, 1.82) is 0 Å². The number of nitrogens with one attached hydrogen (secondary N) is 2. The van der Waals surface area contributed by atoms with Crippen LogP contribution in [-0.4, -0.2) is 49.5 Å². The largest absolute Gasteiger partial charge is 0.357 e. The highest BCUT2D eigenvalue weighted by Crippen LogP contribution is 2.07. The third-order valence-electron chi connectivity index (χ3n) is 2.85. The summed E-state index contributed by atoms with van der Waals surface area (Å²) in [6.07, 6.45) is 2.25. The first kappa shape index (κ1) is 18.5. The number of carbonyl (C=O) groups excluding carboxylic acids is 1. The molecular weight excluding hydrogens is 355 g/mol. The molecule has 0 aromatic heterocycles. The molecule has 1 amide bonds. The molecule has 2 N–H and O–H groups in total. The lowest BCUT2D eigenvalue weighted by molar-refractivity contribution is -0.128.